The van der Waals surface area contributed by atoms with Crippen LogP contribution in [0, 0.1) is 0 Å². The van der Waals surface area contributed by atoms with E-state index in [0.29, 0.717) is 17.4 Å². The predicted molar refractivity (Wildman–Crippen MR) is 130 cm³/mol. The van der Waals surface area contributed by atoms with E-state index in [4.69, 9.17) is 17.3 Å². The predicted octanol–water partition coefficient (Wildman–Crippen LogP) is 3.04. The molecule has 1 aliphatic rings. The number of benzene rings is 2. The summed E-state index contributed by atoms with van der Waals surface area (Å²) in [5.41, 5.74) is 8.36. The highest BCUT2D eigenvalue weighted by molar-refractivity contribution is 14.0. The second kappa shape index (κ2) is 10.5. The van der Waals surface area contributed by atoms with Crippen molar-refractivity contribution in [3.63, 3.8) is 0 Å². The number of sulfone groups is 1. The number of hydrogen-bond acceptors (Lipinski definition) is 4. The summed E-state index contributed by atoms with van der Waals surface area (Å²) in [5, 5.41) is 0.740. The summed E-state index contributed by atoms with van der Waals surface area (Å²) in [5.74, 6) is 0.559. The monoisotopic (exact) mass is 548 g/mol. The highest BCUT2D eigenvalue weighted by Gasteiger charge is 2.18. The summed E-state index contributed by atoms with van der Waals surface area (Å²) in [7, 11) is -3.16. The van der Waals surface area contributed by atoms with Crippen molar-refractivity contribution in [2.75, 3.05) is 43.9 Å². The molecule has 0 radical (unpaired) electrons. The Morgan fingerprint density at radius 3 is 2.17 bits per heavy atom. The summed E-state index contributed by atoms with van der Waals surface area (Å²) < 4.78 is 23.0. The van der Waals surface area contributed by atoms with Crippen LogP contribution in [-0.2, 0) is 16.3 Å². The number of piperazine rings is 1. The fourth-order valence-corrected chi connectivity index (χ4v) is 3.90. The molecule has 0 bridgehead atoms. The van der Waals surface area contributed by atoms with Crippen LogP contribution in [0.1, 0.15) is 5.56 Å². The van der Waals surface area contributed by atoms with Crippen LogP contribution in [0.2, 0.25) is 5.02 Å². The van der Waals surface area contributed by atoms with Crippen molar-refractivity contribution in [3.8, 4) is 0 Å². The minimum absolute atomic E-state index is 0. The highest BCUT2D eigenvalue weighted by Crippen LogP contribution is 2.19. The molecule has 0 atom stereocenters. The Bertz CT molecular complexity index is 926. The zero-order valence-corrected chi connectivity index (χ0v) is 20.2. The number of nitrogens with zero attached hydrogens (tertiary/aromatic N) is 3. The molecule has 158 valence electrons. The lowest BCUT2D eigenvalue weighted by molar-refractivity contribution is 0.381. The van der Waals surface area contributed by atoms with E-state index in [1.807, 2.05) is 36.4 Å². The van der Waals surface area contributed by atoms with Crippen LogP contribution in [0.25, 0.3) is 0 Å². The van der Waals surface area contributed by atoms with Gasteiger partial charge in [0, 0.05) is 49.7 Å². The second-order valence-electron chi connectivity index (χ2n) is 6.86. The van der Waals surface area contributed by atoms with E-state index >= 15 is 0 Å². The van der Waals surface area contributed by atoms with Gasteiger partial charge in [0.15, 0.2) is 15.8 Å². The van der Waals surface area contributed by atoms with Crippen molar-refractivity contribution >= 4 is 57.1 Å². The van der Waals surface area contributed by atoms with Gasteiger partial charge in [-0.15, -0.1) is 24.0 Å². The van der Waals surface area contributed by atoms with Crippen molar-refractivity contribution in [2.45, 2.75) is 11.3 Å². The summed E-state index contributed by atoms with van der Waals surface area (Å²) in [6, 6.07) is 14.8. The number of guanidine groups is 1. The first kappa shape index (κ1) is 23.8. The van der Waals surface area contributed by atoms with E-state index in [0.717, 1.165) is 48.9 Å². The Kier molecular flexibility index (Phi) is 8.59. The topological polar surface area (TPSA) is 79.0 Å². The fourth-order valence-electron chi connectivity index (χ4n) is 3.15. The van der Waals surface area contributed by atoms with Gasteiger partial charge in [-0.05, 0) is 48.4 Å². The molecule has 6 nitrogen and oxygen atoms in total. The van der Waals surface area contributed by atoms with Gasteiger partial charge in [0.25, 0.3) is 0 Å². The maximum atomic E-state index is 11.5. The summed E-state index contributed by atoms with van der Waals surface area (Å²) in [6.45, 7) is 3.97. The van der Waals surface area contributed by atoms with Gasteiger partial charge in [-0.25, -0.2) is 8.42 Å². The first-order valence-corrected chi connectivity index (χ1v) is 11.4. The van der Waals surface area contributed by atoms with E-state index < -0.39 is 9.84 Å². The molecule has 1 aliphatic heterocycles. The Labute approximate surface area is 194 Å². The van der Waals surface area contributed by atoms with E-state index in [9.17, 15) is 8.42 Å². The SMILES string of the molecule is CS(=O)(=O)c1ccc(CCN=C(N)N2CCN(c3ccc(Cl)cc3)CC2)cc1.I. The van der Waals surface area contributed by atoms with E-state index in [1.165, 1.54) is 6.26 Å². The Morgan fingerprint density at radius 2 is 1.62 bits per heavy atom. The van der Waals surface area contributed by atoms with E-state index in [-0.39, 0.29) is 24.0 Å². The van der Waals surface area contributed by atoms with Crippen molar-refractivity contribution < 1.29 is 8.42 Å². The summed E-state index contributed by atoms with van der Waals surface area (Å²) in [6.07, 6.45) is 1.93. The van der Waals surface area contributed by atoms with Gasteiger partial charge in [0.1, 0.15) is 0 Å². The Hall–Kier alpha value is -1.52. The van der Waals surface area contributed by atoms with Crippen LogP contribution >= 0.6 is 35.6 Å². The molecule has 1 heterocycles. The largest absolute Gasteiger partial charge is 0.370 e. The number of nitrogens with two attached hydrogens (primary N) is 1. The normalized spacial score (nSPS) is 15.2. The molecule has 1 fully saturated rings. The molecule has 29 heavy (non-hydrogen) atoms. The van der Waals surface area contributed by atoms with Crippen LogP contribution in [0.5, 0.6) is 0 Å². The molecule has 0 unspecified atom stereocenters. The van der Waals surface area contributed by atoms with Crippen LogP contribution in [-0.4, -0.2) is 58.3 Å². The molecular weight excluding hydrogens is 523 g/mol. The smallest absolute Gasteiger partial charge is 0.191 e. The quantitative estimate of drug-likeness (QED) is 0.353. The van der Waals surface area contributed by atoms with Gasteiger partial charge in [0.05, 0.1) is 4.90 Å². The molecule has 1 saturated heterocycles. The van der Waals surface area contributed by atoms with Crippen molar-refractivity contribution in [1.82, 2.24) is 4.90 Å². The molecular formula is C20H26ClIN4O2S. The molecule has 0 aliphatic carbocycles. The average Bonchev–Trinajstić information content (AvgIpc) is 2.68. The lowest BCUT2D eigenvalue weighted by Gasteiger charge is -2.36. The minimum atomic E-state index is -3.16. The van der Waals surface area contributed by atoms with E-state index in [2.05, 4.69) is 14.8 Å². The third-order valence-electron chi connectivity index (χ3n) is 4.82. The van der Waals surface area contributed by atoms with Crippen molar-refractivity contribution in [1.29, 1.82) is 0 Å². The van der Waals surface area contributed by atoms with Gasteiger partial charge >= 0.3 is 0 Å². The van der Waals surface area contributed by atoms with Crippen molar-refractivity contribution in [2.24, 2.45) is 10.7 Å². The molecule has 2 aromatic carbocycles. The average molecular weight is 549 g/mol. The van der Waals surface area contributed by atoms with Gasteiger partial charge in [0.2, 0.25) is 0 Å². The number of halogens is 2. The molecule has 2 N–H and O–H groups in total. The highest BCUT2D eigenvalue weighted by atomic mass is 127. The van der Waals surface area contributed by atoms with Crippen LogP contribution < -0.4 is 10.6 Å². The van der Waals surface area contributed by atoms with E-state index in [1.54, 1.807) is 12.1 Å². The molecule has 9 heteroatoms. The first-order valence-electron chi connectivity index (χ1n) is 9.17. The molecule has 0 spiro atoms. The Morgan fingerprint density at radius 1 is 1.03 bits per heavy atom. The zero-order valence-electron chi connectivity index (χ0n) is 16.3. The van der Waals surface area contributed by atoms with Gasteiger partial charge in [-0.1, -0.05) is 23.7 Å². The first-order chi connectivity index (χ1) is 13.3. The lowest BCUT2D eigenvalue weighted by Crippen LogP contribution is -2.51. The molecule has 0 amide bonds. The van der Waals surface area contributed by atoms with Gasteiger partial charge in [-0.3, -0.25) is 4.99 Å². The third-order valence-corrected chi connectivity index (χ3v) is 6.20. The molecule has 3 rings (SSSR count). The molecule has 0 saturated carbocycles. The number of rotatable bonds is 5. The third kappa shape index (κ3) is 6.75. The number of anilines is 1. The number of hydrogen-bond donors (Lipinski definition) is 1. The second-order valence-corrected chi connectivity index (χ2v) is 9.31. The van der Waals surface area contributed by atoms with Crippen LogP contribution in [0.4, 0.5) is 5.69 Å². The number of aliphatic imine (C=N–C) groups is 1. The standard InChI is InChI=1S/C20H25ClN4O2S.HI/c1-28(26,27)19-8-2-16(3-9-19)10-11-23-20(22)25-14-12-24(13-15-25)18-6-4-17(21)5-7-18;/h2-9H,10-15H2,1H3,(H2,22,23);1H. The fraction of sp³-hybridized carbons (Fsp3) is 0.350. The Balaban J connectivity index is 0.00000300. The zero-order chi connectivity index (χ0) is 20.1. The van der Waals surface area contributed by atoms with Gasteiger partial charge < -0.3 is 15.5 Å². The molecule has 2 aromatic rings. The maximum absolute atomic E-state index is 11.5. The van der Waals surface area contributed by atoms with Crippen LogP contribution in [0.15, 0.2) is 58.4 Å². The van der Waals surface area contributed by atoms with Gasteiger partial charge in [-0.2, -0.15) is 0 Å². The molecule has 0 aromatic heterocycles. The van der Waals surface area contributed by atoms with Crippen molar-refractivity contribution in [3.05, 3.63) is 59.1 Å². The summed E-state index contributed by atoms with van der Waals surface area (Å²) >= 11 is 5.95. The van der Waals surface area contributed by atoms with Crippen LogP contribution in [0.3, 0.4) is 0 Å². The maximum Gasteiger partial charge on any atom is 0.191 e. The summed E-state index contributed by atoms with van der Waals surface area (Å²) in [4.78, 5) is 9.23. The minimum Gasteiger partial charge on any atom is -0.370 e. The lowest BCUT2D eigenvalue weighted by atomic mass is 10.1.